The highest BCUT2D eigenvalue weighted by Gasteiger charge is 2.22. The summed E-state index contributed by atoms with van der Waals surface area (Å²) in [7, 11) is 1.55. The zero-order valence-electron chi connectivity index (χ0n) is 20.7. The maximum Gasteiger partial charge on any atom is 0.412 e. The normalized spacial score (nSPS) is 11.3. The number of rotatable bonds is 11. The summed E-state index contributed by atoms with van der Waals surface area (Å²) in [4.78, 5) is 41.9. The van der Waals surface area contributed by atoms with Crippen molar-refractivity contribution in [3.63, 3.8) is 0 Å². The molecule has 0 spiro atoms. The Hall–Kier alpha value is -4.08. The number of aryl methyl sites for hydroxylation is 1. The second-order valence-corrected chi connectivity index (χ2v) is 8.49. The van der Waals surface area contributed by atoms with Crippen molar-refractivity contribution in [2.24, 2.45) is 0 Å². The molecule has 8 nitrogen and oxygen atoms in total. The van der Waals surface area contributed by atoms with Gasteiger partial charge in [0.1, 0.15) is 12.4 Å². The fourth-order valence-electron chi connectivity index (χ4n) is 3.75. The van der Waals surface area contributed by atoms with Crippen molar-refractivity contribution >= 4 is 34.6 Å². The van der Waals surface area contributed by atoms with Crippen LogP contribution in [0.1, 0.15) is 39.2 Å². The Morgan fingerprint density at radius 2 is 1.79 bits per heavy atom. The molecule has 38 heavy (non-hydrogen) atoms. The second kappa shape index (κ2) is 14.6. The number of aromatic nitrogens is 1. The molecule has 0 aliphatic rings. The molecule has 1 atom stereocenters. The Morgan fingerprint density at radius 3 is 2.53 bits per heavy atom. The molecule has 0 aliphatic carbocycles. The van der Waals surface area contributed by atoms with Gasteiger partial charge in [0.05, 0.1) is 12.6 Å². The van der Waals surface area contributed by atoms with Crippen LogP contribution in [0.2, 0.25) is 0 Å². The maximum atomic E-state index is 13.9. The summed E-state index contributed by atoms with van der Waals surface area (Å²) < 4.78 is 37.7. The number of carbonyl (C=O) groups is 3. The number of anilines is 1. The number of nitrogens with one attached hydrogen (secondary N) is 1. The molecule has 0 aliphatic heterocycles. The molecule has 3 rings (SSSR count). The van der Waals surface area contributed by atoms with E-state index in [0.29, 0.717) is 18.7 Å². The van der Waals surface area contributed by atoms with Crippen LogP contribution in [0.4, 0.5) is 19.4 Å². The number of nitrogens with zero attached hydrogens (tertiary/aromatic N) is 2. The van der Waals surface area contributed by atoms with Gasteiger partial charge in [0.2, 0.25) is 5.91 Å². The van der Waals surface area contributed by atoms with E-state index in [1.54, 1.807) is 19.3 Å². The number of ether oxygens (including phenoxy) is 2. The largest absolute Gasteiger partial charge is 0.466 e. The summed E-state index contributed by atoms with van der Waals surface area (Å²) in [6.45, 7) is 1.32. The first-order valence-electron chi connectivity index (χ1n) is 11.8. The van der Waals surface area contributed by atoms with E-state index in [-0.39, 0.29) is 45.0 Å². The standard InChI is InChI=1S/C27H29F2N3O5.CH4/c1-18(33)36-14-6-10-22(32(2)25(34)13-12-19-9-5-11-23(28)26(19)29)17-37-27(35)31-24-15-20-7-3-4-8-21(20)16-30-24;/h3-5,7-9,11,15-16,22H,6,10,12-14,17H2,1-2H3,(H,30,31,35);1H4/t22-;/m1./s1. The van der Waals surface area contributed by atoms with Crippen LogP contribution in [0, 0.1) is 11.6 Å². The van der Waals surface area contributed by atoms with Crippen LogP contribution in [-0.4, -0.2) is 54.2 Å². The van der Waals surface area contributed by atoms with Crippen LogP contribution >= 0.6 is 0 Å². The third-order valence-electron chi connectivity index (χ3n) is 5.84. The lowest BCUT2D eigenvalue weighted by molar-refractivity contribution is -0.141. The molecule has 1 N–H and O–H groups in total. The van der Waals surface area contributed by atoms with E-state index >= 15 is 0 Å². The van der Waals surface area contributed by atoms with Crippen LogP contribution in [0.15, 0.2) is 54.7 Å². The van der Waals surface area contributed by atoms with E-state index in [0.717, 1.165) is 16.8 Å². The van der Waals surface area contributed by atoms with Crippen LogP contribution in [0.5, 0.6) is 0 Å². The Kier molecular flexibility index (Phi) is 11.6. The summed E-state index contributed by atoms with van der Waals surface area (Å²) in [6, 6.07) is 12.6. The molecule has 2 amide bonds. The van der Waals surface area contributed by atoms with Gasteiger partial charge >= 0.3 is 12.1 Å². The maximum absolute atomic E-state index is 13.9. The molecule has 1 aromatic heterocycles. The molecule has 2 aromatic carbocycles. The summed E-state index contributed by atoms with van der Waals surface area (Å²) in [5, 5.41) is 4.40. The monoisotopic (exact) mass is 529 g/mol. The summed E-state index contributed by atoms with van der Waals surface area (Å²) in [6.07, 6.45) is 1.65. The van der Waals surface area contributed by atoms with E-state index in [4.69, 9.17) is 9.47 Å². The zero-order valence-corrected chi connectivity index (χ0v) is 20.7. The van der Waals surface area contributed by atoms with Gasteiger partial charge in [-0.2, -0.15) is 0 Å². The van der Waals surface area contributed by atoms with Crippen molar-refractivity contribution in [3.8, 4) is 0 Å². The van der Waals surface area contributed by atoms with Gasteiger partial charge in [0.25, 0.3) is 0 Å². The molecule has 204 valence electrons. The van der Waals surface area contributed by atoms with Gasteiger partial charge in [0, 0.05) is 32.0 Å². The fraction of sp³-hybridized carbons (Fsp3) is 0.357. The molecule has 3 aromatic rings. The quantitative estimate of drug-likeness (QED) is 0.260. The lowest BCUT2D eigenvalue weighted by Crippen LogP contribution is -2.41. The zero-order chi connectivity index (χ0) is 26.8. The first-order chi connectivity index (χ1) is 17.7. The number of amides is 2. The van der Waals surface area contributed by atoms with Crippen LogP contribution < -0.4 is 5.32 Å². The lowest BCUT2D eigenvalue weighted by atomic mass is 10.1. The van der Waals surface area contributed by atoms with Gasteiger partial charge in [0.15, 0.2) is 11.6 Å². The molecule has 10 heteroatoms. The Morgan fingerprint density at radius 1 is 1.05 bits per heavy atom. The summed E-state index contributed by atoms with van der Waals surface area (Å²) in [5.41, 5.74) is 0.103. The van der Waals surface area contributed by atoms with E-state index in [1.165, 1.54) is 24.0 Å². The van der Waals surface area contributed by atoms with Crippen molar-refractivity contribution in [2.75, 3.05) is 25.6 Å². The minimum absolute atomic E-state index is 0. The van der Waals surface area contributed by atoms with E-state index in [1.807, 2.05) is 24.3 Å². The minimum Gasteiger partial charge on any atom is -0.466 e. The highest BCUT2D eigenvalue weighted by Crippen LogP contribution is 2.17. The van der Waals surface area contributed by atoms with Gasteiger partial charge in [-0.05, 0) is 42.3 Å². The fourth-order valence-corrected chi connectivity index (χ4v) is 3.75. The minimum atomic E-state index is -0.974. The van der Waals surface area contributed by atoms with Crippen molar-refractivity contribution < 1.29 is 32.6 Å². The predicted octanol–water partition coefficient (Wildman–Crippen LogP) is 5.50. The van der Waals surface area contributed by atoms with Crippen molar-refractivity contribution in [3.05, 3.63) is 71.9 Å². The molecule has 1 heterocycles. The third-order valence-corrected chi connectivity index (χ3v) is 5.84. The highest BCUT2D eigenvalue weighted by atomic mass is 19.2. The number of hydrogen-bond donors (Lipinski definition) is 1. The molecule has 0 saturated heterocycles. The van der Waals surface area contributed by atoms with E-state index < -0.39 is 29.7 Å². The van der Waals surface area contributed by atoms with Crippen LogP contribution in [0.25, 0.3) is 10.8 Å². The molecule has 0 saturated carbocycles. The summed E-state index contributed by atoms with van der Waals surface area (Å²) >= 11 is 0. The molecule has 0 radical (unpaired) electrons. The highest BCUT2D eigenvalue weighted by molar-refractivity contribution is 5.89. The first-order valence-corrected chi connectivity index (χ1v) is 11.8. The predicted molar refractivity (Wildman–Crippen MR) is 141 cm³/mol. The lowest BCUT2D eigenvalue weighted by Gasteiger charge is -2.28. The number of benzene rings is 2. The molecular formula is C28H33F2N3O5. The van der Waals surface area contributed by atoms with Gasteiger partial charge in [-0.15, -0.1) is 0 Å². The molecule has 0 bridgehead atoms. The average Bonchev–Trinajstić information content (AvgIpc) is 2.88. The van der Waals surface area contributed by atoms with Crippen molar-refractivity contribution in [2.45, 2.75) is 46.1 Å². The average molecular weight is 530 g/mol. The van der Waals surface area contributed by atoms with Crippen molar-refractivity contribution in [1.82, 2.24) is 9.88 Å². The van der Waals surface area contributed by atoms with Gasteiger partial charge in [-0.25, -0.2) is 18.6 Å². The Balaban J connectivity index is 0.00000507. The second-order valence-electron chi connectivity index (χ2n) is 8.49. The van der Waals surface area contributed by atoms with Crippen LogP contribution in [0.3, 0.4) is 0 Å². The topological polar surface area (TPSA) is 97.8 Å². The Bertz CT molecular complexity index is 1250. The smallest absolute Gasteiger partial charge is 0.412 e. The number of carbonyl (C=O) groups excluding carboxylic acids is 3. The van der Waals surface area contributed by atoms with Gasteiger partial charge in [-0.1, -0.05) is 43.8 Å². The van der Waals surface area contributed by atoms with Crippen LogP contribution in [-0.2, 0) is 25.5 Å². The Labute approximate surface area is 220 Å². The molecule has 0 unspecified atom stereocenters. The molecule has 0 fully saturated rings. The number of pyridine rings is 1. The first kappa shape index (κ1) is 30.1. The number of fused-ring (bicyclic) bond motifs is 1. The number of esters is 1. The summed E-state index contributed by atoms with van der Waals surface area (Å²) in [5.74, 6) is -2.38. The van der Waals surface area contributed by atoms with Gasteiger partial charge < -0.3 is 14.4 Å². The number of likely N-dealkylation sites (N-methyl/N-ethyl adjacent to an activating group) is 1. The molecular weight excluding hydrogens is 496 g/mol. The van der Waals surface area contributed by atoms with E-state index in [9.17, 15) is 23.2 Å². The number of halogens is 2. The van der Waals surface area contributed by atoms with Gasteiger partial charge in [-0.3, -0.25) is 14.9 Å². The van der Waals surface area contributed by atoms with Crippen molar-refractivity contribution in [1.29, 1.82) is 0 Å². The third kappa shape index (κ3) is 8.79. The van der Waals surface area contributed by atoms with E-state index in [2.05, 4.69) is 10.3 Å². The SMILES string of the molecule is C.CC(=O)OCCC[C@H](COC(=O)Nc1cc2ccccc2cn1)N(C)C(=O)CCc1cccc(F)c1F. The number of hydrogen-bond acceptors (Lipinski definition) is 6.